The fourth-order valence-electron chi connectivity index (χ4n) is 2.76. The van der Waals surface area contributed by atoms with E-state index < -0.39 is 24.0 Å². The number of rotatable bonds is 5. The van der Waals surface area contributed by atoms with Gasteiger partial charge in [0.1, 0.15) is 15.5 Å². The predicted octanol–water partition coefficient (Wildman–Crippen LogP) is 2.91. The number of nitrogens with two attached hydrogens (primary N) is 1. The summed E-state index contributed by atoms with van der Waals surface area (Å²) in [5.74, 6) is -2.22. The lowest BCUT2D eigenvalue weighted by Gasteiger charge is -2.19. The highest BCUT2D eigenvalue weighted by Crippen LogP contribution is 2.31. The number of hydrogen-bond donors (Lipinski definition) is 2. The van der Waals surface area contributed by atoms with Crippen molar-refractivity contribution in [2.24, 2.45) is 11.7 Å². The lowest BCUT2D eigenvalue weighted by molar-refractivity contribution is -0.130. The van der Waals surface area contributed by atoms with Gasteiger partial charge in [0.15, 0.2) is 6.10 Å². The number of carbonyl (C=O) groups is 3. The van der Waals surface area contributed by atoms with Gasteiger partial charge in [-0.05, 0) is 43.2 Å². The van der Waals surface area contributed by atoms with Crippen molar-refractivity contribution in [1.29, 1.82) is 0 Å². The number of urea groups is 1. The molecule has 2 heterocycles. The number of esters is 1. The number of halogens is 1. The SMILES string of the molecule is Cc1nn(-c2ccc(F)cc2)c2sc(C(=O)OC(C(=O)NC(N)=O)C(C)C)cc12. The molecule has 8 nitrogen and oxygen atoms in total. The second kappa shape index (κ2) is 8.00. The molecule has 29 heavy (non-hydrogen) atoms. The molecular formula is C19H19FN4O4S. The molecule has 3 amide bonds. The van der Waals surface area contributed by atoms with Crippen LogP contribution in [0.3, 0.4) is 0 Å². The van der Waals surface area contributed by atoms with E-state index in [1.54, 1.807) is 43.7 Å². The number of aromatic nitrogens is 2. The topological polar surface area (TPSA) is 116 Å². The van der Waals surface area contributed by atoms with E-state index in [0.717, 1.165) is 16.7 Å². The van der Waals surface area contributed by atoms with Gasteiger partial charge in [-0.1, -0.05) is 13.8 Å². The molecule has 1 atom stereocenters. The van der Waals surface area contributed by atoms with E-state index >= 15 is 0 Å². The molecular weight excluding hydrogens is 399 g/mol. The molecule has 0 radical (unpaired) electrons. The number of fused-ring (bicyclic) bond motifs is 1. The number of carbonyl (C=O) groups excluding carboxylic acids is 3. The standard InChI is InChI=1S/C19H19FN4O4S/c1-9(2)15(16(25)22-19(21)27)28-18(26)14-8-13-10(3)23-24(17(13)29-14)12-6-4-11(20)5-7-12/h4-9,15H,1-3H3,(H3,21,22,25,27). The monoisotopic (exact) mass is 418 g/mol. The fourth-order valence-corrected chi connectivity index (χ4v) is 3.83. The van der Waals surface area contributed by atoms with Crippen LogP contribution >= 0.6 is 11.3 Å². The van der Waals surface area contributed by atoms with Crippen molar-refractivity contribution in [3.8, 4) is 5.69 Å². The number of primary amides is 1. The summed E-state index contributed by atoms with van der Waals surface area (Å²) in [6.07, 6.45) is -1.17. The van der Waals surface area contributed by atoms with Gasteiger partial charge in [0.2, 0.25) is 0 Å². The summed E-state index contributed by atoms with van der Waals surface area (Å²) in [7, 11) is 0. The maximum atomic E-state index is 13.2. The average Bonchev–Trinajstić information content (AvgIpc) is 3.20. The maximum Gasteiger partial charge on any atom is 0.349 e. The number of hydrogen-bond acceptors (Lipinski definition) is 6. The second-order valence-corrected chi connectivity index (χ2v) is 7.76. The van der Waals surface area contributed by atoms with Gasteiger partial charge in [-0.25, -0.2) is 18.7 Å². The first-order valence-electron chi connectivity index (χ1n) is 8.73. The van der Waals surface area contributed by atoms with Gasteiger partial charge in [0.05, 0.1) is 11.4 Å². The number of imide groups is 1. The number of nitrogens with zero attached hydrogens (tertiary/aromatic N) is 2. The Balaban J connectivity index is 1.90. The highest BCUT2D eigenvalue weighted by molar-refractivity contribution is 7.20. The molecule has 1 aromatic carbocycles. The van der Waals surface area contributed by atoms with Crippen molar-refractivity contribution in [2.75, 3.05) is 0 Å². The van der Waals surface area contributed by atoms with Crippen LogP contribution in [0.2, 0.25) is 0 Å². The molecule has 0 saturated heterocycles. The number of ether oxygens (including phenoxy) is 1. The zero-order valence-electron chi connectivity index (χ0n) is 15.9. The van der Waals surface area contributed by atoms with Crippen molar-refractivity contribution >= 4 is 39.5 Å². The average molecular weight is 418 g/mol. The van der Waals surface area contributed by atoms with E-state index in [4.69, 9.17) is 10.5 Å². The molecule has 1 unspecified atom stereocenters. The Morgan fingerprint density at radius 2 is 1.90 bits per heavy atom. The third-order valence-electron chi connectivity index (χ3n) is 4.16. The van der Waals surface area contributed by atoms with E-state index in [0.29, 0.717) is 16.2 Å². The molecule has 3 N–H and O–H groups in total. The van der Waals surface area contributed by atoms with Crippen LogP contribution in [0.1, 0.15) is 29.2 Å². The minimum absolute atomic E-state index is 0.272. The van der Waals surface area contributed by atoms with E-state index in [1.165, 1.54) is 12.1 Å². The zero-order chi connectivity index (χ0) is 21.3. The molecule has 0 bridgehead atoms. The van der Waals surface area contributed by atoms with Crippen LogP contribution in [0.5, 0.6) is 0 Å². The van der Waals surface area contributed by atoms with Crippen molar-refractivity contribution in [3.63, 3.8) is 0 Å². The van der Waals surface area contributed by atoms with Crippen LogP contribution < -0.4 is 11.1 Å². The number of benzene rings is 1. The van der Waals surface area contributed by atoms with Gasteiger partial charge < -0.3 is 10.5 Å². The zero-order valence-corrected chi connectivity index (χ0v) is 16.7. The second-order valence-electron chi connectivity index (χ2n) is 6.73. The van der Waals surface area contributed by atoms with E-state index in [2.05, 4.69) is 5.10 Å². The quantitative estimate of drug-likeness (QED) is 0.618. The highest BCUT2D eigenvalue weighted by atomic mass is 32.1. The molecule has 0 aliphatic heterocycles. The van der Waals surface area contributed by atoms with Crippen molar-refractivity contribution in [1.82, 2.24) is 15.1 Å². The Hall–Kier alpha value is -3.27. The van der Waals surface area contributed by atoms with Crippen LogP contribution in [0.25, 0.3) is 15.9 Å². The molecule has 0 aliphatic rings. The third-order valence-corrected chi connectivity index (χ3v) is 5.25. The molecule has 152 valence electrons. The predicted molar refractivity (Wildman–Crippen MR) is 105 cm³/mol. The van der Waals surface area contributed by atoms with Gasteiger partial charge in [-0.2, -0.15) is 5.10 Å². The third kappa shape index (κ3) is 4.27. The fraction of sp³-hybridized carbons (Fsp3) is 0.263. The lowest BCUT2D eigenvalue weighted by atomic mass is 10.1. The number of thiophene rings is 1. The van der Waals surface area contributed by atoms with Gasteiger partial charge in [-0.15, -0.1) is 11.3 Å². The Morgan fingerprint density at radius 3 is 2.48 bits per heavy atom. The van der Waals surface area contributed by atoms with Crippen molar-refractivity contribution in [3.05, 3.63) is 46.7 Å². The van der Waals surface area contributed by atoms with Gasteiger partial charge in [0.25, 0.3) is 5.91 Å². The summed E-state index contributed by atoms with van der Waals surface area (Å²) >= 11 is 1.14. The smallest absolute Gasteiger partial charge is 0.349 e. The Bertz CT molecular complexity index is 1090. The molecule has 0 aliphatic carbocycles. The summed E-state index contributed by atoms with van der Waals surface area (Å²) < 4.78 is 20.2. The van der Waals surface area contributed by atoms with E-state index in [1.807, 2.05) is 5.32 Å². The summed E-state index contributed by atoms with van der Waals surface area (Å²) in [5.41, 5.74) is 6.30. The maximum absolute atomic E-state index is 13.2. The molecule has 3 aromatic rings. The summed E-state index contributed by atoms with van der Waals surface area (Å²) in [5, 5.41) is 7.11. The first kappa shape index (κ1) is 20.5. The van der Waals surface area contributed by atoms with E-state index in [-0.39, 0.29) is 16.6 Å². The first-order valence-corrected chi connectivity index (χ1v) is 9.55. The van der Waals surface area contributed by atoms with Crippen LogP contribution in [-0.4, -0.2) is 33.8 Å². The lowest BCUT2D eigenvalue weighted by Crippen LogP contribution is -2.45. The summed E-state index contributed by atoms with van der Waals surface area (Å²) in [6.45, 7) is 5.15. The highest BCUT2D eigenvalue weighted by Gasteiger charge is 2.29. The summed E-state index contributed by atoms with van der Waals surface area (Å²) in [4.78, 5) is 36.6. The van der Waals surface area contributed by atoms with Crippen LogP contribution in [0, 0.1) is 18.7 Å². The largest absolute Gasteiger partial charge is 0.448 e. The Morgan fingerprint density at radius 1 is 1.24 bits per heavy atom. The number of aryl methyl sites for hydroxylation is 1. The van der Waals surface area contributed by atoms with Gasteiger partial charge in [0, 0.05) is 5.39 Å². The minimum atomic E-state index is -1.17. The molecule has 0 spiro atoms. The number of amides is 3. The van der Waals surface area contributed by atoms with Gasteiger partial charge >= 0.3 is 12.0 Å². The number of nitrogens with one attached hydrogen (secondary N) is 1. The van der Waals surface area contributed by atoms with Crippen LogP contribution in [-0.2, 0) is 9.53 Å². The van der Waals surface area contributed by atoms with Gasteiger partial charge in [-0.3, -0.25) is 10.1 Å². The molecule has 10 heteroatoms. The van der Waals surface area contributed by atoms with Crippen LogP contribution in [0.15, 0.2) is 30.3 Å². The summed E-state index contributed by atoms with van der Waals surface area (Å²) in [6, 6.07) is 6.43. The first-order chi connectivity index (χ1) is 13.7. The van der Waals surface area contributed by atoms with Crippen molar-refractivity contribution < 1.29 is 23.5 Å². The Kier molecular flexibility index (Phi) is 5.64. The van der Waals surface area contributed by atoms with Crippen LogP contribution in [0.4, 0.5) is 9.18 Å². The molecule has 0 fully saturated rings. The molecule has 2 aromatic heterocycles. The van der Waals surface area contributed by atoms with E-state index in [9.17, 15) is 18.8 Å². The normalized spacial score (nSPS) is 12.2. The molecule has 3 rings (SSSR count). The minimum Gasteiger partial charge on any atom is -0.448 e. The molecule has 0 saturated carbocycles. The Labute approximate surface area is 169 Å². The van der Waals surface area contributed by atoms with Crippen molar-refractivity contribution in [2.45, 2.75) is 26.9 Å².